The lowest BCUT2D eigenvalue weighted by Crippen LogP contribution is -2.34. The average molecular weight is 212 g/mol. The summed E-state index contributed by atoms with van der Waals surface area (Å²) in [5.41, 5.74) is 0. The van der Waals surface area contributed by atoms with Crippen molar-refractivity contribution in [1.82, 2.24) is 10.2 Å². The number of piperidine rings is 1. The van der Waals surface area contributed by atoms with Crippen molar-refractivity contribution in [2.45, 2.75) is 19.3 Å². The second-order valence-electron chi connectivity index (χ2n) is 3.71. The summed E-state index contributed by atoms with van der Waals surface area (Å²) in [5.74, 6) is -0.319. The smallest absolute Gasteiger partial charge is 0.331 e. The first-order valence-corrected chi connectivity index (χ1v) is 5.53. The Morgan fingerprint density at radius 1 is 1.40 bits per heavy atom. The zero-order valence-electron chi connectivity index (χ0n) is 9.37. The molecular weight excluding hydrogens is 192 g/mol. The highest BCUT2D eigenvalue weighted by Crippen LogP contribution is 2.07. The molecule has 1 rings (SSSR count). The molecule has 4 heteroatoms. The number of esters is 1. The summed E-state index contributed by atoms with van der Waals surface area (Å²) in [7, 11) is 1.38. The van der Waals surface area contributed by atoms with E-state index >= 15 is 0 Å². The predicted molar refractivity (Wildman–Crippen MR) is 59.4 cm³/mol. The first-order valence-electron chi connectivity index (χ1n) is 5.53. The fourth-order valence-electron chi connectivity index (χ4n) is 1.68. The molecule has 0 saturated carbocycles. The second-order valence-corrected chi connectivity index (χ2v) is 3.71. The molecule has 1 heterocycles. The van der Waals surface area contributed by atoms with Gasteiger partial charge in [0.05, 0.1) is 7.11 Å². The van der Waals surface area contributed by atoms with E-state index in [9.17, 15) is 4.79 Å². The molecule has 1 N–H and O–H groups in total. The highest BCUT2D eigenvalue weighted by molar-refractivity contribution is 5.81. The van der Waals surface area contributed by atoms with Crippen molar-refractivity contribution in [2.24, 2.45) is 0 Å². The van der Waals surface area contributed by atoms with E-state index in [0.29, 0.717) is 0 Å². The van der Waals surface area contributed by atoms with Gasteiger partial charge in [-0.2, -0.15) is 0 Å². The number of likely N-dealkylation sites (tertiary alicyclic amines) is 1. The van der Waals surface area contributed by atoms with E-state index in [1.54, 1.807) is 6.20 Å². The minimum absolute atomic E-state index is 0.319. The Morgan fingerprint density at radius 3 is 2.80 bits per heavy atom. The zero-order valence-corrected chi connectivity index (χ0v) is 9.37. The van der Waals surface area contributed by atoms with Crippen LogP contribution in [0.2, 0.25) is 0 Å². The Labute approximate surface area is 91.3 Å². The maximum Gasteiger partial charge on any atom is 0.331 e. The van der Waals surface area contributed by atoms with Gasteiger partial charge in [0.1, 0.15) is 0 Å². The summed E-state index contributed by atoms with van der Waals surface area (Å²) in [5, 5.41) is 3.07. The molecule has 0 amide bonds. The molecule has 1 saturated heterocycles. The predicted octanol–water partition coefficient (Wildman–Crippen LogP) is 0.749. The largest absolute Gasteiger partial charge is 0.466 e. The number of nitrogens with one attached hydrogen (secondary N) is 1. The highest BCUT2D eigenvalue weighted by atomic mass is 16.5. The van der Waals surface area contributed by atoms with E-state index in [1.165, 1.54) is 45.5 Å². The van der Waals surface area contributed by atoms with Crippen molar-refractivity contribution in [2.75, 3.05) is 33.3 Å². The summed E-state index contributed by atoms with van der Waals surface area (Å²) in [6, 6.07) is 0. The molecule has 1 aliphatic heterocycles. The molecular formula is C11H20N2O2. The van der Waals surface area contributed by atoms with Crippen LogP contribution in [0.4, 0.5) is 0 Å². The number of nitrogens with zero attached hydrogens (tertiary/aromatic N) is 1. The van der Waals surface area contributed by atoms with E-state index in [0.717, 1.165) is 13.1 Å². The third-order valence-electron chi connectivity index (χ3n) is 2.56. The summed E-state index contributed by atoms with van der Waals surface area (Å²) in [4.78, 5) is 13.2. The Kier molecular flexibility index (Phi) is 5.85. The zero-order chi connectivity index (χ0) is 10.9. The lowest BCUT2D eigenvalue weighted by molar-refractivity contribution is -0.134. The van der Waals surface area contributed by atoms with Crippen LogP contribution in [0, 0.1) is 0 Å². The molecule has 86 valence electrons. The minimum Gasteiger partial charge on any atom is -0.466 e. The molecule has 0 bridgehead atoms. The maximum atomic E-state index is 10.7. The van der Waals surface area contributed by atoms with Crippen molar-refractivity contribution >= 4 is 5.97 Å². The fraction of sp³-hybridized carbons (Fsp3) is 0.727. The molecule has 0 aliphatic carbocycles. The van der Waals surface area contributed by atoms with Crippen LogP contribution in [0.3, 0.4) is 0 Å². The third kappa shape index (κ3) is 5.42. The van der Waals surface area contributed by atoms with Gasteiger partial charge in [-0.1, -0.05) is 6.42 Å². The number of methoxy groups -OCH3 is 1. The van der Waals surface area contributed by atoms with Crippen molar-refractivity contribution in [3.05, 3.63) is 12.3 Å². The van der Waals surface area contributed by atoms with Gasteiger partial charge in [0.2, 0.25) is 0 Å². The van der Waals surface area contributed by atoms with E-state index in [1.807, 2.05) is 0 Å². The Morgan fingerprint density at radius 2 is 2.13 bits per heavy atom. The molecule has 0 atom stereocenters. The molecule has 15 heavy (non-hydrogen) atoms. The number of carbonyl (C=O) groups is 1. The van der Waals surface area contributed by atoms with E-state index in [4.69, 9.17) is 0 Å². The van der Waals surface area contributed by atoms with Gasteiger partial charge in [-0.15, -0.1) is 0 Å². The van der Waals surface area contributed by atoms with Gasteiger partial charge in [-0.05, 0) is 25.9 Å². The van der Waals surface area contributed by atoms with Crippen molar-refractivity contribution in [3.8, 4) is 0 Å². The standard InChI is InChI=1S/C11H20N2O2/c1-15-11(14)5-6-12-7-10-13-8-3-2-4-9-13/h5-6,12H,2-4,7-10H2,1H3/b6-5+. The lowest BCUT2D eigenvalue weighted by Gasteiger charge is -2.26. The summed E-state index contributed by atoms with van der Waals surface area (Å²) in [6.45, 7) is 4.35. The molecule has 0 aromatic carbocycles. The molecule has 1 aliphatic rings. The van der Waals surface area contributed by atoms with Crippen molar-refractivity contribution < 1.29 is 9.53 Å². The van der Waals surface area contributed by atoms with Gasteiger partial charge in [-0.3, -0.25) is 0 Å². The lowest BCUT2D eigenvalue weighted by atomic mass is 10.1. The molecule has 4 nitrogen and oxygen atoms in total. The molecule has 0 spiro atoms. The second kappa shape index (κ2) is 7.29. The van der Waals surface area contributed by atoms with E-state index in [2.05, 4.69) is 15.0 Å². The molecule has 0 unspecified atom stereocenters. The van der Waals surface area contributed by atoms with Crippen molar-refractivity contribution in [1.29, 1.82) is 0 Å². The van der Waals surface area contributed by atoms with Gasteiger partial charge >= 0.3 is 5.97 Å². The Balaban J connectivity index is 2.00. The first-order chi connectivity index (χ1) is 7.33. The van der Waals surface area contributed by atoms with Gasteiger partial charge in [0.25, 0.3) is 0 Å². The van der Waals surface area contributed by atoms with Crippen LogP contribution in [0.15, 0.2) is 12.3 Å². The molecule has 0 radical (unpaired) electrons. The minimum atomic E-state index is -0.319. The van der Waals surface area contributed by atoms with Crippen LogP contribution < -0.4 is 5.32 Å². The summed E-state index contributed by atoms with van der Waals surface area (Å²) < 4.78 is 4.47. The van der Waals surface area contributed by atoms with Crippen molar-refractivity contribution in [3.63, 3.8) is 0 Å². The normalized spacial score (nSPS) is 17.9. The van der Waals surface area contributed by atoms with Crippen LogP contribution in [-0.2, 0) is 9.53 Å². The average Bonchev–Trinajstić information content (AvgIpc) is 2.29. The fourth-order valence-corrected chi connectivity index (χ4v) is 1.68. The summed E-state index contributed by atoms with van der Waals surface area (Å²) in [6.07, 6.45) is 7.05. The maximum absolute atomic E-state index is 10.7. The molecule has 0 aromatic heterocycles. The van der Waals surface area contributed by atoms with Gasteiger partial charge in [0.15, 0.2) is 0 Å². The molecule has 0 aromatic rings. The Hall–Kier alpha value is -1.03. The SMILES string of the molecule is COC(=O)/C=C/NCCN1CCCCC1. The number of hydrogen-bond donors (Lipinski definition) is 1. The monoisotopic (exact) mass is 212 g/mol. The number of rotatable bonds is 5. The van der Waals surface area contributed by atoms with Gasteiger partial charge in [0, 0.05) is 25.4 Å². The topological polar surface area (TPSA) is 41.6 Å². The highest BCUT2D eigenvalue weighted by Gasteiger charge is 2.08. The first kappa shape index (κ1) is 12.0. The van der Waals surface area contributed by atoms with Gasteiger partial charge < -0.3 is 15.0 Å². The quantitative estimate of drug-likeness (QED) is 0.415. The summed E-state index contributed by atoms with van der Waals surface area (Å²) >= 11 is 0. The number of carbonyl (C=O) groups excluding carboxylic acids is 1. The van der Waals surface area contributed by atoms with Crippen LogP contribution in [0.5, 0.6) is 0 Å². The number of ether oxygens (including phenoxy) is 1. The van der Waals surface area contributed by atoms with E-state index in [-0.39, 0.29) is 5.97 Å². The van der Waals surface area contributed by atoms with Gasteiger partial charge in [-0.25, -0.2) is 4.79 Å². The number of hydrogen-bond acceptors (Lipinski definition) is 4. The van der Waals surface area contributed by atoms with Crippen LogP contribution in [0.25, 0.3) is 0 Å². The molecule has 1 fully saturated rings. The van der Waals surface area contributed by atoms with Crippen LogP contribution >= 0.6 is 0 Å². The Bertz CT molecular complexity index is 211. The van der Waals surface area contributed by atoms with E-state index < -0.39 is 0 Å². The van der Waals surface area contributed by atoms with Crippen LogP contribution in [0.1, 0.15) is 19.3 Å². The third-order valence-corrected chi connectivity index (χ3v) is 2.56. The van der Waals surface area contributed by atoms with Crippen LogP contribution in [-0.4, -0.2) is 44.2 Å².